The zero-order valence-electron chi connectivity index (χ0n) is 9.32. The van der Waals surface area contributed by atoms with Gasteiger partial charge in [0.15, 0.2) is 0 Å². The summed E-state index contributed by atoms with van der Waals surface area (Å²) in [5.74, 6) is 0.253. The van der Waals surface area contributed by atoms with E-state index >= 15 is 0 Å². The van der Waals surface area contributed by atoms with Crippen molar-refractivity contribution in [3.63, 3.8) is 0 Å². The monoisotopic (exact) mass is 239 g/mol. The molecule has 0 amide bonds. The van der Waals surface area contributed by atoms with Gasteiger partial charge in [-0.15, -0.1) is 0 Å². The summed E-state index contributed by atoms with van der Waals surface area (Å²) in [5.41, 5.74) is 7.08. The average molecular weight is 240 g/mol. The quantitative estimate of drug-likeness (QED) is 0.848. The Balaban J connectivity index is 2.25. The molecule has 1 aliphatic carbocycles. The van der Waals surface area contributed by atoms with Gasteiger partial charge < -0.3 is 10.8 Å². The molecule has 88 valence electrons. The minimum absolute atomic E-state index is 0.0164. The standard InChI is InChI=1S/C13H18ClNO/c14-11-4-2-10(3-5-11)12(8-15)13(9-16)6-1-7-13/h2-5,12,16H,1,6-9,15H2. The molecule has 0 aromatic heterocycles. The van der Waals surface area contributed by atoms with Crippen LogP contribution in [0, 0.1) is 5.41 Å². The van der Waals surface area contributed by atoms with Crippen LogP contribution in [-0.4, -0.2) is 18.3 Å². The molecule has 2 rings (SSSR count). The van der Waals surface area contributed by atoms with Gasteiger partial charge in [-0.25, -0.2) is 0 Å². The van der Waals surface area contributed by atoms with E-state index in [0.29, 0.717) is 6.54 Å². The van der Waals surface area contributed by atoms with Crippen molar-refractivity contribution < 1.29 is 5.11 Å². The summed E-state index contributed by atoms with van der Waals surface area (Å²) in [7, 11) is 0. The molecule has 1 unspecified atom stereocenters. The second-order valence-corrected chi connectivity index (χ2v) is 5.15. The molecule has 2 nitrogen and oxygen atoms in total. The van der Waals surface area contributed by atoms with Crippen molar-refractivity contribution in [2.45, 2.75) is 25.2 Å². The molecule has 0 aliphatic heterocycles. The fourth-order valence-electron chi connectivity index (χ4n) is 2.68. The van der Waals surface area contributed by atoms with Crippen molar-refractivity contribution in [1.82, 2.24) is 0 Å². The fourth-order valence-corrected chi connectivity index (χ4v) is 2.81. The Morgan fingerprint density at radius 1 is 1.31 bits per heavy atom. The second-order valence-electron chi connectivity index (χ2n) is 4.71. The van der Waals surface area contributed by atoms with Crippen LogP contribution < -0.4 is 5.73 Å². The highest BCUT2D eigenvalue weighted by atomic mass is 35.5. The molecular weight excluding hydrogens is 222 g/mol. The summed E-state index contributed by atoms with van der Waals surface area (Å²) in [6, 6.07) is 7.83. The SMILES string of the molecule is NCC(c1ccc(Cl)cc1)C1(CO)CCC1. The molecule has 0 bridgehead atoms. The van der Waals surface area contributed by atoms with Crippen molar-refractivity contribution in [3.8, 4) is 0 Å². The van der Waals surface area contributed by atoms with Gasteiger partial charge in [0.05, 0.1) is 0 Å². The van der Waals surface area contributed by atoms with Crippen LogP contribution in [0.25, 0.3) is 0 Å². The van der Waals surface area contributed by atoms with E-state index in [2.05, 4.69) is 0 Å². The maximum atomic E-state index is 9.57. The summed E-state index contributed by atoms with van der Waals surface area (Å²) in [6.07, 6.45) is 3.35. The predicted octanol–water partition coefficient (Wildman–Crippen LogP) is 2.54. The number of aliphatic hydroxyl groups excluding tert-OH is 1. The normalized spacial score (nSPS) is 20.2. The van der Waals surface area contributed by atoms with Crippen LogP contribution in [0.4, 0.5) is 0 Å². The molecule has 1 atom stereocenters. The maximum Gasteiger partial charge on any atom is 0.0493 e. The van der Waals surface area contributed by atoms with E-state index in [4.69, 9.17) is 17.3 Å². The van der Waals surface area contributed by atoms with Gasteiger partial charge in [0.2, 0.25) is 0 Å². The Morgan fingerprint density at radius 2 is 1.94 bits per heavy atom. The molecule has 1 aliphatic rings. The van der Waals surface area contributed by atoms with E-state index in [9.17, 15) is 5.11 Å². The smallest absolute Gasteiger partial charge is 0.0493 e. The summed E-state index contributed by atoms with van der Waals surface area (Å²) < 4.78 is 0. The lowest BCUT2D eigenvalue weighted by molar-refractivity contribution is 0.0192. The largest absolute Gasteiger partial charge is 0.396 e. The molecule has 1 saturated carbocycles. The van der Waals surface area contributed by atoms with Gasteiger partial charge in [-0.2, -0.15) is 0 Å². The molecule has 0 heterocycles. The van der Waals surface area contributed by atoms with E-state index in [1.807, 2.05) is 24.3 Å². The van der Waals surface area contributed by atoms with Gasteiger partial charge in [-0.3, -0.25) is 0 Å². The summed E-state index contributed by atoms with van der Waals surface area (Å²) >= 11 is 5.87. The number of halogens is 1. The fraction of sp³-hybridized carbons (Fsp3) is 0.538. The highest BCUT2D eigenvalue weighted by Crippen LogP contribution is 2.50. The Morgan fingerprint density at radius 3 is 2.31 bits per heavy atom. The first kappa shape index (κ1) is 11.9. The van der Waals surface area contributed by atoms with Crippen LogP contribution in [-0.2, 0) is 0 Å². The van der Waals surface area contributed by atoms with Crippen LogP contribution in [0.2, 0.25) is 5.02 Å². The van der Waals surface area contributed by atoms with Gasteiger partial charge in [0, 0.05) is 23.0 Å². The highest BCUT2D eigenvalue weighted by molar-refractivity contribution is 6.30. The zero-order chi connectivity index (χ0) is 11.6. The average Bonchev–Trinajstić information content (AvgIpc) is 2.25. The van der Waals surface area contributed by atoms with Crippen LogP contribution in [0.15, 0.2) is 24.3 Å². The Labute approximate surface area is 101 Å². The Kier molecular flexibility index (Phi) is 3.53. The van der Waals surface area contributed by atoms with E-state index in [0.717, 1.165) is 17.9 Å². The highest BCUT2D eigenvalue weighted by Gasteiger charge is 2.43. The van der Waals surface area contributed by atoms with Crippen LogP contribution in [0.1, 0.15) is 30.7 Å². The third kappa shape index (κ3) is 1.97. The maximum absolute atomic E-state index is 9.57. The molecule has 3 N–H and O–H groups in total. The van der Waals surface area contributed by atoms with Crippen molar-refractivity contribution in [2.75, 3.05) is 13.2 Å². The first-order valence-electron chi connectivity index (χ1n) is 5.78. The molecule has 0 radical (unpaired) electrons. The number of rotatable bonds is 4. The predicted molar refractivity (Wildman–Crippen MR) is 66.6 cm³/mol. The number of hydrogen-bond acceptors (Lipinski definition) is 2. The number of nitrogens with two attached hydrogens (primary N) is 1. The van der Waals surface area contributed by atoms with Crippen molar-refractivity contribution >= 4 is 11.6 Å². The molecule has 16 heavy (non-hydrogen) atoms. The van der Waals surface area contributed by atoms with E-state index in [1.165, 1.54) is 12.0 Å². The summed E-state index contributed by atoms with van der Waals surface area (Å²) in [5, 5.41) is 10.3. The number of hydrogen-bond donors (Lipinski definition) is 2. The lowest BCUT2D eigenvalue weighted by atomic mass is 9.60. The first-order valence-corrected chi connectivity index (χ1v) is 6.16. The number of benzene rings is 1. The van der Waals surface area contributed by atoms with Crippen molar-refractivity contribution in [2.24, 2.45) is 11.1 Å². The van der Waals surface area contributed by atoms with Crippen LogP contribution in [0.5, 0.6) is 0 Å². The zero-order valence-corrected chi connectivity index (χ0v) is 10.1. The molecule has 1 aromatic carbocycles. The Hall–Kier alpha value is -0.570. The van der Waals surface area contributed by atoms with Gasteiger partial charge >= 0.3 is 0 Å². The third-order valence-corrected chi connectivity index (χ3v) is 4.16. The van der Waals surface area contributed by atoms with E-state index in [-0.39, 0.29) is 17.9 Å². The first-order chi connectivity index (χ1) is 7.72. The molecule has 0 saturated heterocycles. The van der Waals surface area contributed by atoms with E-state index < -0.39 is 0 Å². The summed E-state index contributed by atoms with van der Waals surface area (Å²) in [4.78, 5) is 0. The molecule has 3 heteroatoms. The minimum Gasteiger partial charge on any atom is -0.396 e. The van der Waals surface area contributed by atoms with Gasteiger partial charge in [0.1, 0.15) is 0 Å². The van der Waals surface area contributed by atoms with Gasteiger partial charge in [-0.1, -0.05) is 30.2 Å². The lowest BCUT2D eigenvalue weighted by Gasteiger charge is -2.46. The molecular formula is C13H18ClNO. The van der Waals surface area contributed by atoms with Gasteiger partial charge in [-0.05, 0) is 37.1 Å². The van der Waals surface area contributed by atoms with Crippen molar-refractivity contribution in [3.05, 3.63) is 34.9 Å². The third-order valence-electron chi connectivity index (χ3n) is 3.91. The lowest BCUT2D eigenvalue weighted by Crippen LogP contribution is -2.42. The van der Waals surface area contributed by atoms with Crippen molar-refractivity contribution in [1.29, 1.82) is 0 Å². The number of aliphatic hydroxyl groups is 1. The molecule has 1 fully saturated rings. The minimum atomic E-state index is 0.0164. The van der Waals surface area contributed by atoms with E-state index in [1.54, 1.807) is 0 Å². The topological polar surface area (TPSA) is 46.2 Å². The summed E-state index contributed by atoms with van der Waals surface area (Å²) in [6.45, 7) is 0.819. The Bertz CT molecular complexity index is 340. The molecule has 1 aromatic rings. The van der Waals surface area contributed by atoms with Crippen LogP contribution in [0.3, 0.4) is 0 Å². The van der Waals surface area contributed by atoms with Crippen LogP contribution >= 0.6 is 11.6 Å². The molecule has 0 spiro atoms. The van der Waals surface area contributed by atoms with Gasteiger partial charge in [0.25, 0.3) is 0 Å². The second kappa shape index (κ2) is 4.74.